The van der Waals surface area contributed by atoms with Crippen molar-refractivity contribution < 1.29 is 9.84 Å². The second kappa shape index (κ2) is 4.68. The van der Waals surface area contributed by atoms with E-state index < -0.39 is 5.60 Å². The van der Waals surface area contributed by atoms with Crippen molar-refractivity contribution in [3.8, 4) is 5.75 Å². The molecular weight excluding hydrogens is 220 g/mol. The maximum absolute atomic E-state index is 10.6. The van der Waals surface area contributed by atoms with Gasteiger partial charge in [0, 0.05) is 5.25 Å². The Morgan fingerprint density at radius 2 is 2.38 bits per heavy atom. The van der Waals surface area contributed by atoms with E-state index in [9.17, 15) is 5.11 Å². The number of aliphatic hydroxyl groups is 1. The summed E-state index contributed by atoms with van der Waals surface area (Å²) in [6.45, 7) is 4.71. The molecule has 2 unspecified atom stereocenters. The Kier molecular flexibility index (Phi) is 3.45. The first-order chi connectivity index (χ1) is 7.66. The molecule has 0 bridgehead atoms. The summed E-state index contributed by atoms with van der Waals surface area (Å²) in [5.41, 5.74) is 0.300. The molecule has 0 amide bonds. The van der Waals surface area contributed by atoms with E-state index in [1.807, 2.05) is 43.0 Å². The molecule has 2 rings (SSSR count). The number of benzene rings is 1. The van der Waals surface area contributed by atoms with Crippen LogP contribution in [0.2, 0.25) is 0 Å². The third kappa shape index (κ3) is 2.06. The summed E-state index contributed by atoms with van der Waals surface area (Å²) >= 11 is 1.83. The Labute approximate surface area is 101 Å². The van der Waals surface area contributed by atoms with Gasteiger partial charge >= 0.3 is 0 Å². The highest BCUT2D eigenvalue weighted by Crippen LogP contribution is 2.43. The van der Waals surface area contributed by atoms with Crippen LogP contribution < -0.4 is 4.74 Å². The van der Waals surface area contributed by atoms with Crippen LogP contribution in [0.3, 0.4) is 0 Å². The standard InChI is InChI=1S/C13H18O2S/c1-3-15-12-6-4-5-11(9-12)13(14)7-8-16-10(13)2/h4-6,9-10,14H,3,7-8H2,1-2H3. The summed E-state index contributed by atoms with van der Waals surface area (Å²) in [5.74, 6) is 1.87. The normalized spacial score (nSPS) is 29.3. The van der Waals surface area contributed by atoms with Gasteiger partial charge in [0.2, 0.25) is 0 Å². The number of hydrogen-bond donors (Lipinski definition) is 1. The van der Waals surface area contributed by atoms with Gasteiger partial charge in [0.05, 0.1) is 6.61 Å². The van der Waals surface area contributed by atoms with E-state index in [2.05, 4.69) is 6.92 Å². The van der Waals surface area contributed by atoms with Gasteiger partial charge in [-0.15, -0.1) is 0 Å². The van der Waals surface area contributed by atoms with Gasteiger partial charge in [-0.3, -0.25) is 0 Å². The number of hydrogen-bond acceptors (Lipinski definition) is 3. The third-order valence-corrected chi connectivity index (χ3v) is 4.50. The Balaban J connectivity index is 2.29. The first kappa shape index (κ1) is 11.8. The number of rotatable bonds is 3. The summed E-state index contributed by atoms with van der Waals surface area (Å²) in [5, 5.41) is 10.9. The van der Waals surface area contributed by atoms with E-state index >= 15 is 0 Å². The summed E-state index contributed by atoms with van der Waals surface area (Å²) in [6, 6.07) is 7.84. The Morgan fingerprint density at radius 3 is 3.00 bits per heavy atom. The summed E-state index contributed by atoms with van der Waals surface area (Å²) in [6.07, 6.45) is 0.828. The molecule has 2 nitrogen and oxygen atoms in total. The molecule has 1 saturated heterocycles. The SMILES string of the molecule is CCOc1cccc(C2(O)CCSC2C)c1. The molecule has 0 spiro atoms. The van der Waals surface area contributed by atoms with Crippen molar-refractivity contribution in [2.45, 2.75) is 31.1 Å². The predicted molar refractivity (Wildman–Crippen MR) is 68.0 cm³/mol. The first-order valence-electron chi connectivity index (χ1n) is 5.74. The van der Waals surface area contributed by atoms with Gasteiger partial charge in [-0.2, -0.15) is 11.8 Å². The van der Waals surface area contributed by atoms with Crippen LogP contribution in [0.15, 0.2) is 24.3 Å². The molecule has 1 heterocycles. The van der Waals surface area contributed by atoms with Gasteiger partial charge in [0.1, 0.15) is 11.4 Å². The molecule has 2 atom stereocenters. The molecule has 1 aromatic carbocycles. The predicted octanol–water partition coefficient (Wildman–Crippen LogP) is 2.80. The largest absolute Gasteiger partial charge is 0.494 e. The quantitative estimate of drug-likeness (QED) is 0.878. The molecule has 3 heteroatoms. The molecule has 1 N–H and O–H groups in total. The molecule has 1 aromatic rings. The highest BCUT2D eigenvalue weighted by Gasteiger charge is 2.40. The molecule has 0 aromatic heterocycles. The average Bonchev–Trinajstić information content (AvgIpc) is 2.62. The lowest BCUT2D eigenvalue weighted by molar-refractivity contribution is 0.0424. The first-order valence-corrected chi connectivity index (χ1v) is 6.79. The van der Waals surface area contributed by atoms with E-state index in [0.29, 0.717) is 6.61 Å². The molecule has 0 radical (unpaired) electrons. The maximum atomic E-state index is 10.6. The van der Waals surface area contributed by atoms with Gasteiger partial charge in [-0.1, -0.05) is 19.1 Å². The van der Waals surface area contributed by atoms with E-state index in [0.717, 1.165) is 23.5 Å². The van der Waals surface area contributed by atoms with Crippen LogP contribution in [0, 0.1) is 0 Å². The zero-order valence-electron chi connectivity index (χ0n) is 9.77. The minimum Gasteiger partial charge on any atom is -0.494 e. The Bertz CT molecular complexity index is 367. The lowest BCUT2D eigenvalue weighted by Gasteiger charge is -2.27. The van der Waals surface area contributed by atoms with Crippen molar-refractivity contribution in [1.29, 1.82) is 0 Å². The molecular formula is C13H18O2S. The molecule has 1 fully saturated rings. The van der Waals surface area contributed by atoms with Crippen molar-refractivity contribution in [3.05, 3.63) is 29.8 Å². The van der Waals surface area contributed by atoms with Crippen LogP contribution in [0.5, 0.6) is 5.75 Å². The fourth-order valence-electron chi connectivity index (χ4n) is 2.13. The minimum absolute atomic E-state index is 0.254. The summed E-state index contributed by atoms with van der Waals surface area (Å²) in [7, 11) is 0. The summed E-state index contributed by atoms with van der Waals surface area (Å²) in [4.78, 5) is 0. The number of ether oxygens (including phenoxy) is 1. The topological polar surface area (TPSA) is 29.5 Å². The zero-order valence-corrected chi connectivity index (χ0v) is 10.6. The maximum Gasteiger partial charge on any atom is 0.119 e. The van der Waals surface area contributed by atoms with Crippen molar-refractivity contribution in [2.24, 2.45) is 0 Å². The smallest absolute Gasteiger partial charge is 0.119 e. The van der Waals surface area contributed by atoms with Gasteiger partial charge in [0.25, 0.3) is 0 Å². The van der Waals surface area contributed by atoms with E-state index in [4.69, 9.17) is 4.74 Å². The second-order valence-corrected chi connectivity index (χ2v) is 5.60. The second-order valence-electron chi connectivity index (χ2n) is 4.15. The van der Waals surface area contributed by atoms with Crippen LogP contribution in [0.1, 0.15) is 25.8 Å². The lowest BCUT2D eigenvalue weighted by atomic mass is 9.88. The van der Waals surface area contributed by atoms with Gasteiger partial charge in [-0.25, -0.2) is 0 Å². The monoisotopic (exact) mass is 238 g/mol. The third-order valence-electron chi connectivity index (χ3n) is 3.17. The molecule has 16 heavy (non-hydrogen) atoms. The van der Waals surface area contributed by atoms with Crippen LogP contribution in [0.4, 0.5) is 0 Å². The van der Waals surface area contributed by atoms with Gasteiger partial charge in [-0.05, 0) is 36.8 Å². The van der Waals surface area contributed by atoms with E-state index in [1.165, 1.54) is 0 Å². The molecule has 88 valence electrons. The minimum atomic E-state index is -0.683. The van der Waals surface area contributed by atoms with Crippen LogP contribution in [-0.4, -0.2) is 22.7 Å². The fourth-order valence-corrected chi connectivity index (χ4v) is 3.45. The molecule has 1 aliphatic heterocycles. The van der Waals surface area contributed by atoms with Gasteiger partial charge < -0.3 is 9.84 Å². The van der Waals surface area contributed by atoms with Crippen molar-refractivity contribution in [2.75, 3.05) is 12.4 Å². The molecule has 0 saturated carbocycles. The van der Waals surface area contributed by atoms with Crippen molar-refractivity contribution >= 4 is 11.8 Å². The average molecular weight is 238 g/mol. The highest BCUT2D eigenvalue weighted by molar-refractivity contribution is 8.00. The Morgan fingerprint density at radius 1 is 1.56 bits per heavy atom. The lowest BCUT2D eigenvalue weighted by Crippen LogP contribution is -2.31. The fraction of sp³-hybridized carbons (Fsp3) is 0.538. The molecule has 0 aliphatic carbocycles. The van der Waals surface area contributed by atoms with Crippen molar-refractivity contribution in [3.63, 3.8) is 0 Å². The Hall–Kier alpha value is -0.670. The number of thioether (sulfide) groups is 1. The van der Waals surface area contributed by atoms with Crippen LogP contribution in [-0.2, 0) is 5.60 Å². The van der Waals surface area contributed by atoms with E-state index in [-0.39, 0.29) is 5.25 Å². The van der Waals surface area contributed by atoms with Crippen molar-refractivity contribution in [1.82, 2.24) is 0 Å². The van der Waals surface area contributed by atoms with Crippen LogP contribution >= 0.6 is 11.8 Å². The van der Waals surface area contributed by atoms with Crippen LogP contribution in [0.25, 0.3) is 0 Å². The van der Waals surface area contributed by atoms with E-state index in [1.54, 1.807) is 0 Å². The zero-order chi connectivity index (χ0) is 11.6. The highest BCUT2D eigenvalue weighted by atomic mass is 32.2. The van der Waals surface area contributed by atoms with Gasteiger partial charge in [0.15, 0.2) is 0 Å². The molecule has 1 aliphatic rings. The summed E-state index contributed by atoms with van der Waals surface area (Å²) < 4.78 is 5.47.